The summed E-state index contributed by atoms with van der Waals surface area (Å²) in [5.74, 6) is -0.636. The molecule has 17 heavy (non-hydrogen) atoms. The molecule has 1 aromatic carbocycles. The van der Waals surface area contributed by atoms with Gasteiger partial charge in [-0.3, -0.25) is 4.79 Å². The Morgan fingerprint density at radius 2 is 1.88 bits per heavy atom. The van der Waals surface area contributed by atoms with E-state index >= 15 is 0 Å². The normalized spacial score (nSPS) is 16.4. The van der Waals surface area contributed by atoms with Crippen LogP contribution in [0.5, 0.6) is 0 Å². The molecule has 0 saturated heterocycles. The molecule has 0 radical (unpaired) electrons. The molecule has 1 aliphatic carbocycles. The molecule has 92 valence electrons. The van der Waals surface area contributed by atoms with E-state index in [0.29, 0.717) is 0 Å². The van der Waals surface area contributed by atoms with Gasteiger partial charge in [0.05, 0.1) is 11.1 Å². The maximum Gasteiger partial charge on any atom is 0.417 e. The van der Waals surface area contributed by atoms with Gasteiger partial charge in [-0.15, -0.1) is 0 Å². The number of carbonyl (C=O) groups excluding carboxylic acids is 1. The molecule has 0 heterocycles. The third-order valence-corrected chi connectivity index (χ3v) is 2.92. The fraction of sp³-hybridized carbons (Fsp3) is 0.417. The monoisotopic (exact) mass is 243 g/mol. The van der Waals surface area contributed by atoms with Crippen molar-refractivity contribution >= 4 is 5.91 Å². The first-order valence-corrected chi connectivity index (χ1v) is 5.45. The SMILES string of the molecule is O=C(NC1CCC1)c1ccccc1C(F)(F)F. The van der Waals surface area contributed by atoms with Crippen LogP contribution in [0.1, 0.15) is 35.2 Å². The zero-order valence-corrected chi connectivity index (χ0v) is 9.05. The maximum absolute atomic E-state index is 12.7. The van der Waals surface area contributed by atoms with E-state index < -0.39 is 17.6 Å². The van der Waals surface area contributed by atoms with E-state index in [1.807, 2.05) is 0 Å². The highest BCUT2D eigenvalue weighted by Crippen LogP contribution is 2.32. The number of benzene rings is 1. The summed E-state index contributed by atoms with van der Waals surface area (Å²) in [5.41, 5.74) is -1.18. The quantitative estimate of drug-likeness (QED) is 0.850. The summed E-state index contributed by atoms with van der Waals surface area (Å²) in [7, 11) is 0. The number of rotatable bonds is 2. The van der Waals surface area contributed by atoms with Crippen molar-refractivity contribution < 1.29 is 18.0 Å². The van der Waals surface area contributed by atoms with E-state index in [4.69, 9.17) is 0 Å². The Bertz CT molecular complexity index is 424. The first-order chi connectivity index (χ1) is 7.98. The second kappa shape index (κ2) is 4.39. The Hall–Kier alpha value is -1.52. The second-order valence-electron chi connectivity index (χ2n) is 4.14. The van der Waals surface area contributed by atoms with Gasteiger partial charge in [-0.05, 0) is 31.4 Å². The Kier molecular flexibility index (Phi) is 3.09. The summed E-state index contributed by atoms with van der Waals surface area (Å²) >= 11 is 0. The van der Waals surface area contributed by atoms with Crippen LogP contribution in [0.25, 0.3) is 0 Å². The van der Waals surface area contributed by atoms with E-state index in [2.05, 4.69) is 5.32 Å². The van der Waals surface area contributed by atoms with Crippen LogP contribution in [0.2, 0.25) is 0 Å². The van der Waals surface area contributed by atoms with Gasteiger partial charge in [0.1, 0.15) is 0 Å². The summed E-state index contributed by atoms with van der Waals surface area (Å²) < 4.78 is 38.0. The molecule has 2 rings (SSSR count). The number of amides is 1. The van der Waals surface area contributed by atoms with Gasteiger partial charge in [-0.1, -0.05) is 12.1 Å². The Balaban J connectivity index is 2.21. The van der Waals surface area contributed by atoms with Crippen LogP contribution in [0, 0.1) is 0 Å². The number of nitrogens with one attached hydrogen (secondary N) is 1. The van der Waals surface area contributed by atoms with Gasteiger partial charge in [0.15, 0.2) is 0 Å². The van der Waals surface area contributed by atoms with Crippen molar-refractivity contribution in [2.45, 2.75) is 31.5 Å². The minimum absolute atomic E-state index is 0.0313. The lowest BCUT2D eigenvalue weighted by molar-refractivity contribution is -0.137. The first kappa shape index (κ1) is 12.0. The lowest BCUT2D eigenvalue weighted by Gasteiger charge is -2.26. The molecular formula is C12H12F3NO. The number of halogens is 3. The molecule has 1 amide bonds. The van der Waals surface area contributed by atoms with Gasteiger partial charge in [-0.25, -0.2) is 0 Å². The first-order valence-electron chi connectivity index (χ1n) is 5.45. The van der Waals surface area contributed by atoms with Crippen molar-refractivity contribution in [2.24, 2.45) is 0 Å². The predicted molar refractivity (Wildman–Crippen MR) is 56.5 cm³/mol. The second-order valence-corrected chi connectivity index (χ2v) is 4.14. The highest BCUT2D eigenvalue weighted by Gasteiger charge is 2.35. The van der Waals surface area contributed by atoms with Gasteiger partial charge in [-0.2, -0.15) is 13.2 Å². The lowest BCUT2D eigenvalue weighted by atomic mass is 9.92. The highest BCUT2D eigenvalue weighted by molar-refractivity contribution is 5.96. The fourth-order valence-electron chi connectivity index (χ4n) is 1.74. The molecule has 0 aromatic heterocycles. The molecule has 0 atom stereocenters. The van der Waals surface area contributed by atoms with E-state index in [0.717, 1.165) is 25.3 Å². The van der Waals surface area contributed by atoms with Crippen LogP contribution in [0.3, 0.4) is 0 Å². The van der Waals surface area contributed by atoms with Crippen LogP contribution in [-0.4, -0.2) is 11.9 Å². The molecule has 5 heteroatoms. The largest absolute Gasteiger partial charge is 0.417 e. The van der Waals surface area contributed by atoms with E-state index in [1.54, 1.807) is 0 Å². The highest BCUT2D eigenvalue weighted by atomic mass is 19.4. The summed E-state index contributed by atoms with van der Waals surface area (Å²) in [6, 6.07) is 4.88. The van der Waals surface area contributed by atoms with Crippen LogP contribution in [0.4, 0.5) is 13.2 Å². The Labute approximate surface area is 96.8 Å². The van der Waals surface area contributed by atoms with E-state index in [-0.39, 0.29) is 11.6 Å². The van der Waals surface area contributed by atoms with Crippen molar-refractivity contribution in [3.63, 3.8) is 0 Å². The van der Waals surface area contributed by atoms with Crippen molar-refractivity contribution in [2.75, 3.05) is 0 Å². The van der Waals surface area contributed by atoms with Crippen LogP contribution >= 0.6 is 0 Å². The topological polar surface area (TPSA) is 29.1 Å². The van der Waals surface area contributed by atoms with Crippen molar-refractivity contribution in [1.82, 2.24) is 5.32 Å². The molecular weight excluding hydrogens is 231 g/mol. The third-order valence-electron chi connectivity index (χ3n) is 2.92. The molecule has 1 fully saturated rings. The average Bonchev–Trinajstić information content (AvgIpc) is 2.22. The van der Waals surface area contributed by atoms with Gasteiger partial charge in [0.2, 0.25) is 0 Å². The fourth-order valence-corrected chi connectivity index (χ4v) is 1.74. The zero-order valence-electron chi connectivity index (χ0n) is 9.05. The molecule has 1 saturated carbocycles. The minimum Gasteiger partial charge on any atom is -0.349 e. The van der Waals surface area contributed by atoms with Crippen LogP contribution < -0.4 is 5.32 Å². The summed E-state index contributed by atoms with van der Waals surface area (Å²) in [4.78, 5) is 11.7. The van der Waals surface area contributed by atoms with Crippen molar-refractivity contribution in [3.8, 4) is 0 Å². The number of hydrogen-bond acceptors (Lipinski definition) is 1. The molecule has 2 nitrogen and oxygen atoms in total. The standard InChI is InChI=1S/C12H12F3NO/c13-12(14,15)10-7-2-1-6-9(10)11(17)16-8-4-3-5-8/h1-2,6-8H,3-5H2,(H,16,17). The van der Waals surface area contributed by atoms with Crippen LogP contribution in [-0.2, 0) is 6.18 Å². The third kappa shape index (κ3) is 2.60. The number of hydrogen-bond donors (Lipinski definition) is 1. The van der Waals surface area contributed by atoms with Crippen molar-refractivity contribution in [1.29, 1.82) is 0 Å². The van der Waals surface area contributed by atoms with E-state index in [9.17, 15) is 18.0 Å². The molecule has 0 bridgehead atoms. The molecule has 1 aromatic rings. The molecule has 0 spiro atoms. The summed E-state index contributed by atoms with van der Waals surface area (Å²) in [6.07, 6.45) is -1.78. The zero-order chi connectivity index (χ0) is 12.5. The molecule has 1 aliphatic rings. The molecule has 0 aliphatic heterocycles. The van der Waals surface area contributed by atoms with Crippen molar-refractivity contribution in [3.05, 3.63) is 35.4 Å². The average molecular weight is 243 g/mol. The predicted octanol–water partition coefficient (Wildman–Crippen LogP) is 2.99. The number of alkyl halides is 3. The van der Waals surface area contributed by atoms with Gasteiger partial charge in [0.25, 0.3) is 5.91 Å². The minimum atomic E-state index is -4.49. The van der Waals surface area contributed by atoms with Gasteiger partial charge in [0, 0.05) is 6.04 Å². The van der Waals surface area contributed by atoms with Gasteiger partial charge < -0.3 is 5.32 Å². The molecule has 0 unspecified atom stereocenters. The maximum atomic E-state index is 12.7. The summed E-state index contributed by atoms with van der Waals surface area (Å²) in [5, 5.41) is 2.61. The number of carbonyl (C=O) groups is 1. The smallest absolute Gasteiger partial charge is 0.349 e. The van der Waals surface area contributed by atoms with Gasteiger partial charge >= 0.3 is 6.18 Å². The Morgan fingerprint density at radius 3 is 2.41 bits per heavy atom. The van der Waals surface area contributed by atoms with E-state index in [1.165, 1.54) is 18.2 Å². The Morgan fingerprint density at radius 1 is 1.24 bits per heavy atom. The molecule has 1 N–H and O–H groups in total. The summed E-state index contributed by atoms with van der Waals surface area (Å²) in [6.45, 7) is 0. The van der Waals surface area contributed by atoms with Crippen LogP contribution in [0.15, 0.2) is 24.3 Å². The lowest BCUT2D eigenvalue weighted by Crippen LogP contribution is -2.40.